The average molecular weight is 235 g/mol. The Balaban J connectivity index is 2.03. The number of primary amides is 1. The van der Waals surface area contributed by atoms with E-state index in [9.17, 15) is 4.79 Å². The number of nitrogens with two attached hydrogens (primary N) is 1. The molecule has 2 aromatic rings. The normalized spacial score (nSPS) is 21.4. The van der Waals surface area contributed by atoms with Gasteiger partial charge in [-0.25, -0.2) is 0 Å². The summed E-state index contributed by atoms with van der Waals surface area (Å²) in [6, 6.07) is 16.7. The van der Waals surface area contributed by atoms with Gasteiger partial charge < -0.3 is 5.73 Å². The minimum absolute atomic E-state index is 0.0395. The Hall–Kier alpha value is -2.09. The first-order chi connectivity index (χ1) is 8.75. The van der Waals surface area contributed by atoms with E-state index in [1.54, 1.807) is 0 Å². The molecule has 18 heavy (non-hydrogen) atoms. The van der Waals surface area contributed by atoms with E-state index in [2.05, 4.69) is 36.4 Å². The lowest BCUT2D eigenvalue weighted by Gasteiger charge is -2.12. The van der Waals surface area contributed by atoms with Crippen molar-refractivity contribution < 1.29 is 4.79 Å². The molecule has 1 fully saturated rings. The second-order valence-electron chi connectivity index (χ2n) is 5.22. The fourth-order valence-electron chi connectivity index (χ4n) is 3.56. The van der Waals surface area contributed by atoms with Crippen LogP contribution in [0.2, 0.25) is 0 Å². The van der Waals surface area contributed by atoms with Crippen LogP contribution in [0.1, 0.15) is 17.5 Å². The van der Waals surface area contributed by atoms with Crippen molar-refractivity contribution in [1.82, 2.24) is 0 Å². The highest BCUT2D eigenvalue weighted by Crippen LogP contribution is 2.65. The molecular formula is C16H13NO. The van der Waals surface area contributed by atoms with Crippen molar-refractivity contribution in [1.29, 1.82) is 0 Å². The Morgan fingerprint density at radius 2 is 1.50 bits per heavy atom. The summed E-state index contributed by atoms with van der Waals surface area (Å²) in [6.45, 7) is 0. The van der Waals surface area contributed by atoms with Crippen LogP contribution in [0.15, 0.2) is 48.5 Å². The fraction of sp³-hybridized carbons (Fsp3) is 0.188. The standard InChI is InChI=1S/C16H13NO/c17-15(18)14-9-16(14)12-7-3-1-5-10(12)11-6-2-4-8-13(11)16/h1-8,14H,9H2,(H2,17,18)/t14-/m0/s1. The third kappa shape index (κ3) is 0.969. The van der Waals surface area contributed by atoms with Crippen LogP contribution >= 0.6 is 0 Å². The van der Waals surface area contributed by atoms with E-state index in [4.69, 9.17) is 5.73 Å². The van der Waals surface area contributed by atoms with Gasteiger partial charge in [0.2, 0.25) is 5.91 Å². The number of amides is 1. The Morgan fingerprint density at radius 1 is 1.00 bits per heavy atom. The molecule has 2 nitrogen and oxygen atoms in total. The topological polar surface area (TPSA) is 43.1 Å². The van der Waals surface area contributed by atoms with Gasteiger partial charge in [-0.3, -0.25) is 4.79 Å². The van der Waals surface area contributed by atoms with E-state index >= 15 is 0 Å². The molecule has 2 heteroatoms. The van der Waals surface area contributed by atoms with E-state index in [0.717, 1.165) is 6.42 Å². The van der Waals surface area contributed by atoms with E-state index in [0.29, 0.717) is 0 Å². The van der Waals surface area contributed by atoms with Crippen molar-refractivity contribution in [3.63, 3.8) is 0 Å². The van der Waals surface area contributed by atoms with Crippen molar-refractivity contribution in [2.45, 2.75) is 11.8 Å². The van der Waals surface area contributed by atoms with Gasteiger partial charge in [-0.15, -0.1) is 0 Å². The van der Waals surface area contributed by atoms with E-state index < -0.39 is 0 Å². The second kappa shape index (κ2) is 3.02. The predicted molar refractivity (Wildman–Crippen MR) is 70.0 cm³/mol. The summed E-state index contributed by atoms with van der Waals surface area (Å²) in [7, 11) is 0. The molecule has 0 aromatic heterocycles. The maximum Gasteiger partial charge on any atom is 0.221 e. The highest BCUT2D eigenvalue weighted by Gasteiger charge is 2.63. The molecule has 0 bridgehead atoms. The van der Waals surface area contributed by atoms with Gasteiger partial charge >= 0.3 is 0 Å². The number of fused-ring (bicyclic) bond motifs is 5. The lowest BCUT2D eigenvalue weighted by atomic mass is 9.91. The number of hydrogen-bond donors (Lipinski definition) is 1. The Labute approximate surface area is 105 Å². The van der Waals surface area contributed by atoms with Gasteiger partial charge in [0.1, 0.15) is 0 Å². The summed E-state index contributed by atoms with van der Waals surface area (Å²) < 4.78 is 0. The smallest absolute Gasteiger partial charge is 0.221 e. The summed E-state index contributed by atoms with van der Waals surface area (Å²) in [4.78, 5) is 11.6. The molecular weight excluding hydrogens is 222 g/mol. The number of hydrogen-bond acceptors (Lipinski definition) is 1. The van der Waals surface area contributed by atoms with Crippen LogP contribution in [0.4, 0.5) is 0 Å². The molecule has 88 valence electrons. The maximum atomic E-state index is 11.6. The molecule has 1 spiro atoms. The molecule has 2 N–H and O–H groups in total. The quantitative estimate of drug-likeness (QED) is 0.810. The first-order valence-corrected chi connectivity index (χ1v) is 6.24. The lowest BCUT2D eigenvalue weighted by Crippen LogP contribution is -2.20. The number of rotatable bonds is 1. The van der Waals surface area contributed by atoms with Gasteiger partial charge in [0.25, 0.3) is 0 Å². The molecule has 1 atom stereocenters. The monoisotopic (exact) mass is 235 g/mol. The molecule has 0 unspecified atom stereocenters. The van der Waals surface area contributed by atoms with Crippen molar-refractivity contribution in [3.05, 3.63) is 59.7 Å². The van der Waals surface area contributed by atoms with Gasteiger partial charge in [-0.2, -0.15) is 0 Å². The van der Waals surface area contributed by atoms with Gasteiger partial charge in [-0.1, -0.05) is 48.5 Å². The predicted octanol–water partition coefficient (Wildman–Crippen LogP) is 2.46. The van der Waals surface area contributed by atoms with Gasteiger partial charge in [0.05, 0.1) is 5.92 Å². The first kappa shape index (κ1) is 9.89. The maximum absolute atomic E-state index is 11.6. The largest absolute Gasteiger partial charge is 0.369 e. The van der Waals surface area contributed by atoms with Crippen LogP contribution in [-0.4, -0.2) is 5.91 Å². The van der Waals surface area contributed by atoms with E-state index in [1.807, 2.05) is 12.1 Å². The molecule has 1 saturated carbocycles. The van der Waals surface area contributed by atoms with Gasteiger partial charge in [0.15, 0.2) is 0 Å². The van der Waals surface area contributed by atoms with Crippen LogP contribution in [0, 0.1) is 5.92 Å². The zero-order valence-electron chi connectivity index (χ0n) is 9.89. The SMILES string of the molecule is NC(=O)[C@@H]1CC12c1ccccc1-c1ccccc12. The lowest BCUT2D eigenvalue weighted by molar-refractivity contribution is -0.119. The Bertz CT molecular complexity index is 629. The molecule has 0 saturated heterocycles. The second-order valence-corrected chi connectivity index (χ2v) is 5.22. The zero-order chi connectivity index (χ0) is 12.3. The molecule has 2 aliphatic rings. The van der Waals surface area contributed by atoms with Crippen molar-refractivity contribution >= 4 is 5.91 Å². The molecule has 0 heterocycles. The van der Waals surface area contributed by atoms with Crippen LogP contribution in [-0.2, 0) is 10.2 Å². The van der Waals surface area contributed by atoms with Crippen LogP contribution in [0.3, 0.4) is 0 Å². The highest BCUT2D eigenvalue weighted by molar-refractivity contribution is 5.91. The molecule has 1 amide bonds. The zero-order valence-corrected chi connectivity index (χ0v) is 9.89. The number of carbonyl (C=O) groups is 1. The van der Waals surface area contributed by atoms with Crippen molar-refractivity contribution in [2.75, 3.05) is 0 Å². The fourth-order valence-corrected chi connectivity index (χ4v) is 3.56. The molecule has 0 aliphatic heterocycles. The number of carbonyl (C=O) groups excluding carboxylic acids is 1. The summed E-state index contributed by atoms with van der Waals surface area (Å²) in [6.07, 6.45) is 0.858. The van der Waals surface area contributed by atoms with Crippen molar-refractivity contribution in [3.8, 4) is 11.1 Å². The third-order valence-electron chi connectivity index (χ3n) is 4.41. The molecule has 4 rings (SSSR count). The van der Waals surface area contributed by atoms with E-state index in [-0.39, 0.29) is 17.2 Å². The number of benzene rings is 2. The summed E-state index contributed by atoms with van der Waals surface area (Å²) in [5.41, 5.74) is 10.5. The van der Waals surface area contributed by atoms with E-state index in [1.165, 1.54) is 22.3 Å². The van der Waals surface area contributed by atoms with Crippen LogP contribution in [0.25, 0.3) is 11.1 Å². The van der Waals surface area contributed by atoms with Gasteiger partial charge in [-0.05, 0) is 28.7 Å². The molecule has 2 aliphatic carbocycles. The average Bonchev–Trinajstić information content (AvgIpc) is 3.09. The summed E-state index contributed by atoms with van der Waals surface area (Å²) in [5, 5.41) is 0. The minimum atomic E-state index is -0.179. The Morgan fingerprint density at radius 3 is 1.94 bits per heavy atom. The molecule has 0 radical (unpaired) electrons. The summed E-state index contributed by atoms with van der Waals surface area (Å²) in [5.74, 6) is -0.219. The summed E-state index contributed by atoms with van der Waals surface area (Å²) >= 11 is 0. The van der Waals surface area contributed by atoms with Crippen LogP contribution in [0.5, 0.6) is 0 Å². The third-order valence-corrected chi connectivity index (χ3v) is 4.41. The van der Waals surface area contributed by atoms with Crippen molar-refractivity contribution in [2.24, 2.45) is 11.7 Å². The first-order valence-electron chi connectivity index (χ1n) is 6.24. The van der Waals surface area contributed by atoms with Gasteiger partial charge in [0, 0.05) is 5.41 Å². The Kier molecular flexibility index (Phi) is 1.66. The highest BCUT2D eigenvalue weighted by atomic mass is 16.1. The minimum Gasteiger partial charge on any atom is -0.369 e. The molecule has 2 aromatic carbocycles. The van der Waals surface area contributed by atoms with Crippen LogP contribution < -0.4 is 5.73 Å².